The lowest BCUT2D eigenvalue weighted by Crippen LogP contribution is -2.52. The number of benzene rings is 1. The van der Waals surface area contributed by atoms with Crippen LogP contribution in [0.5, 0.6) is 0 Å². The molecule has 0 radical (unpaired) electrons. The van der Waals surface area contributed by atoms with Crippen LogP contribution in [0.3, 0.4) is 0 Å². The van der Waals surface area contributed by atoms with Gasteiger partial charge in [0.05, 0.1) is 6.04 Å². The lowest BCUT2D eigenvalue weighted by molar-refractivity contribution is -0.152. The van der Waals surface area contributed by atoms with E-state index in [-0.39, 0.29) is 17.4 Å². The molecule has 26 heavy (non-hydrogen) atoms. The second-order valence-corrected chi connectivity index (χ2v) is 8.16. The Morgan fingerprint density at radius 1 is 1.19 bits per heavy atom. The lowest BCUT2D eigenvalue weighted by atomic mass is 9.65. The van der Waals surface area contributed by atoms with Gasteiger partial charge >= 0.3 is 0 Å². The van der Waals surface area contributed by atoms with Gasteiger partial charge in [0.15, 0.2) is 0 Å². The Morgan fingerprint density at radius 2 is 1.92 bits per heavy atom. The SMILES string of the molecule is O=C(CO)NC1CN(C(=O)C2(O)CCc3ccccc3C2)CC12CCC2. The Morgan fingerprint density at radius 3 is 2.58 bits per heavy atom. The number of hydrogen-bond acceptors (Lipinski definition) is 4. The minimum atomic E-state index is -1.37. The number of carbonyl (C=O) groups is 2. The van der Waals surface area contributed by atoms with E-state index in [2.05, 4.69) is 11.4 Å². The minimum absolute atomic E-state index is 0.0938. The fourth-order valence-corrected chi connectivity index (χ4v) is 4.90. The molecule has 6 heteroatoms. The number of aryl methyl sites for hydroxylation is 1. The van der Waals surface area contributed by atoms with E-state index in [1.165, 1.54) is 5.56 Å². The molecule has 3 N–H and O–H groups in total. The molecule has 1 spiro atoms. The summed E-state index contributed by atoms with van der Waals surface area (Å²) in [5, 5.41) is 23.0. The van der Waals surface area contributed by atoms with E-state index in [1.807, 2.05) is 18.2 Å². The number of aliphatic hydroxyl groups is 2. The molecule has 2 amide bonds. The maximum atomic E-state index is 13.2. The van der Waals surface area contributed by atoms with E-state index in [0.29, 0.717) is 32.4 Å². The second kappa shape index (κ2) is 6.35. The van der Waals surface area contributed by atoms with Gasteiger partial charge in [-0.2, -0.15) is 0 Å². The Kier molecular flexibility index (Phi) is 4.28. The predicted octanol–water partition coefficient (Wildman–Crippen LogP) is 0.396. The molecular weight excluding hydrogens is 332 g/mol. The van der Waals surface area contributed by atoms with Gasteiger partial charge in [-0.15, -0.1) is 0 Å². The summed E-state index contributed by atoms with van der Waals surface area (Å²) in [5.41, 5.74) is 0.783. The summed E-state index contributed by atoms with van der Waals surface area (Å²) in [6.07, 6.45) is 4.50. The van der Waals surface area contributed by atoms with Crippen molar-refractivity contribution in [2.75, 3.05) is 19.7 Å². The molecule has 4 rings (SSSR count). The molecule has 6 nitrogen and oxygen atoms in total. The van der Waals surface area contributed by atoms with E-state index in [0.717, 1.165) is 24.8 Å². The van der Waals surface area contributed by atoms with Crippen LogP contribution in [0.4, 0.5) is 0 Å². The van der Waals surface area contributed by atoms with Crippen molar-refractivity contribution in [2.45, 2.75) is 50.2 Å². The van der Waals surface area contributed by atoms with Crippen molar-refractivity contribution in [1.29, 1.82) is 0 Å². The van der Waals surface area contributed by atoms with Crippen molar-refractivity contribution in [1.82, 2.24) is 10.2 Å². The van der Waals surface area contributed by atoms with Gasteiger partial charge in [-0.25, -0.2) is 0 Å². The van der Waals surface area contributed by atoms with Crippen molar-refractivity contribution in [3.05, 3.63) is 35.4 Å². The van der Waals surface area contributed by atoms with Crippen LogP contribution in [0.2, 0.25) is 0 Å². The Hall–Kier alpha value is -1.92. The van der Waals surface area contributed by atoms with Crippen molar-refractivity contribution in [3.63, 3.8) is 0 Å². The van der Waals surface area contributed by atoms with Gasteiger partial charge in [0.1, 0.15) is 12.2 Å². The second-order valence-electron chi connectivity index (χ2n) is 8.16. The minimum Gasteiger partial charge on any atom is -0.387 e. The molecule has 1 aliphatic heterocycles. The summed E-state index contributed by atoms with van der Waals surface area (Å²) >= 11 is 0. The first-order valence-electron chi connectivity index (χ1n) is 9.45. The molecule has 1 aromatic carbocycles. The third-order valence-electron chi connectivity index (χ3n) is 6.57. The van der Waals surface area contributed by atoms with Crippen LogP contribution in [0.15, 0.2) is 24.3 Å². The number of aliphatic hydroxyl groups excluding tert-OH is 1. The van der Waals surface area contributed by atoms with E-state index in [9.17, 15) is 14.7 Å². The quantitative estimate of drug-likeness (QED) is 0.729. The highest BCUT2D eigenvalue weighted by Gasteiger charge is 2.54. The van der Waals surface area contributed by atoms with Gasteiger partial charge in [-0.3, -0.25) is 9.59 Å². The first kappa shape index (κ1) is 17.5. The molecule has 1 saturated carbocycles. The highest BCUT2D eigenvalue weighted by atomic mass is 16.3. The van der Waals surface area contributed by atoms with E-state index in [4.69, 9.17) is 5.11 Å². The van der Waals surface area contributed by atoms with E-state index < -0.39 is 18.1 Å². The van der Waals surface area contributed by atoms with Gasteiger partial charge < -0.3 is 20.4 Å². The molecule has 1 saturated heterocycles. The highest BCUT2D eigenvalue weighted by molar-refractivity contribution is 5.86. The van der Waals surface area contributed by atoms with Crippen molar-refractivity contribution in [3.8, 4) is 0 Å². The number of nitrogens with one attached hydrogen (secondary N) is 1. The van der Waals surface area contributed by atoms with Crippen molar-refractivity contribution < 1.29 is 19.8 Å². The normalized spacial score (nSPS) is 29.2. The summed E-state index contributed by atoms with van der Waals surface area (Å²) in [6, 6.07) is 7.82. The molecule has 1 aromatic rings. The maximum Gasteiger partial charge on any atom is 0.254 e. The van der Waals surface area contributed by atoms with Gasteiger partial charge in [0, 0.05) is 24.9 Å². The zero-order chi connectivity index (χ0) is 18.4. The maximum absolute atomic E-state index is 13.2. The fourth-order valence-electron chi connectivity index (χ4n) is 4.90. The summed E-state index contributed by atoms with van der Waals surface area (Å²) in [4.78, 5) is 26.6. The van der Waals surface area contributed by atoms with Gasteiger partial charge in [-0.05, 0) is 36.8 Å². The van der Waals surface area contributed by atoms with Crippen LogP contribution in [0.1, 0.15) is 36.8 Å². The molecule has 2 unspecified atom stereocenters. The third kappa shape index (κ3) is 2.81. The molecule has 2 fully saturated rings. The van der Waals surface area contributed by atoms with Crippen LogP contribution in [-0.4, -0.2) is 58.3 Å². The summed E-state index contributed by atoms with van der Waals surface area (Å²) in [5.74, 6) is -0.625. The molecule has 140 valence electrons. The molecule has 2 aliphatic carbocycles. The molecule has 3 aliphatic rings. The van der Waals surface area contributed by atoms with Crippen LogP contribution in [-0.2, 0) is 22.4 Å². The molecule has 2 atom stereocenters. The number of carbonyl (C=O) groups excluding carboxylic acids is 2. The van der Waals surface area contributed by atoms with E-state index in [1.54, 1.807) is 4.90 Å². The number of fused-ring (bicyclic) bond motifs is 1. The summed E-state index contributed by atoms with van der Waals surface area (Å²) in [7, 11) is 0. The number of nitrogens with zero attached hydrogens (tertiary/aromatic N) is 1. The zero-order valence-electron chi connectivity index (χ0n) is 14.9. The van der Waals surface area contributed by atoms with Gasteiger partial charge in [-0.1, -0.05) is 30.7 Å². The third-order valence-corrected chi connectivity index (χ3v) is 6.57. The Bertz CT molecular complexity index is 730. The number of rotatable bonds is 3. The summed E-state index contributed by atoms with van der Waals surface area (Å²) in [6.45, 7) is 0.446. The van der Waals surface area contributed by atoms with E-state index >= 15 is 0 Å². The summed E-state index contributed by atoms with van der Waals surface area (Å²) < 4.78 is 0. The monoisotopic (exact) mass is 358 g/mol. The number of likely N-dealkylation sites (tertiary alicyclic amines) is 1. The Balaban J connectivity index is 1.51. The lowest BCUT2D eigenvalue weighted by Gasteiger charge is -2.43. The highest BCUT2D eigenvalue weighted by Crippen LogP contribution is 2.49. The van der Waals surface area contributed by atoms with Crippen LogP contribution in [0, 0.1) is 5.41 Å². The molecule has 1 heterocycles. The van der Waals surface area contributed by atoms with Crippen molar-refractivity contribution in [2.24, 2.45) is 5.41 Å². The molecule has 0 bridgehead atoms. The number of amides is 2. The van der Waals surface area contributed by atoms with Crippen molar-refractivity contribution >= 4 is 11.8 Å². The predicted molar refractivity (Wildman–Crippen MR) is 95.3 cm³/mol. The van der Waals surface area contributed by atoms with Gasteiger partial charge in [0.2, 0.25) is 5.91 Å². The average molecular weight is 358 g/mol. The standard InChI is InChI=1S/C20H26N2O4/c23-12-17(24)21-16-11-22(13-19(16)7-3-8-19)18(25)20(26)9-6-14-4-1-2-5-15(14)10-20/h1-2,4-5,16,23,26H,3,6-13H2,(H,21,24). The van der Waals surface area contributed by atoms with Crippen LogP contribution < -0.4 is 5.32 Å². The zero-order valence-corrected chi connectivity index (χ0v) is 14.9. The molecular formula is C20H26N2O4. The largest absolute Gasteiger partial charge is 0.387 e. The first-order valence-corrected chi connectivity index (χ1v) is 9.45. The first-order chi connectivity index (χ1) is 12.5. The Labute approximate surface area is 153 Å². The topological polar surface area (TPSA) is 89.9 Å². The molecule has 0 aromatic heterocycles. The average Bonchev–Trinajstić information content (AvgIpc) is 3.00. The number of hydrogen-bond donors (Lipinski definition) is 3. The smallest absolute Gasteiger partial charge is 0.254 e. The fraction of sp³-hybridized carbons (Fsp3) is 0.600. The van der Waals surface area contributed by atoms with Crippen LogP contribution >= 0.6 is 0 Å². The van der Waals surface area contributed by atoms with Gasteiger partial charge in [0.25, 0.3) is 5.91 Å². The van der Waals surface area contributed by atoms with Crippen LogP contribution in [0.25, 0.3) is 0 Å².